The molecule has 0 aliphatic rings. The highest BCUT2D eigenvalue weighted by molar-refractivity contribution is 5.92. The molecule has 0 heterocycles. The summed E-state index contributed by atoms with van der Waals surface area (Å²) in [6, 6.07) is 8.08. The normalized spacial score (nSPS) is 10.5. The van der Waals surface area contributed by atoms with E-state index in [1.807, 2.05) is 32.9 Å². The van der Waals surface area contributed by atoms with E-state index in [0.29, 0.717) is 5.69 Å². The molecule has 2 rings (SSSR count). The number of halogens is 1. The van der Waals surface area contributed by atoms with Crippen molar-refractivity contribution in [2.24, 2.45) is 0 Å². The number of carbonyl (C=O) groups is 2. The Hall–Kier alpha value is -2.69. The predicted octanol–water partition coefficient (Wildman–Crippen LogP) is 3.56. The van der Waals surface area contributed by atoms with Gasteiger partial charge in [0, 0.05) is 5.69 Å². The van der Waals surface area contributed by atoms with Gasteiger partial charge in [0.2, 0.25) is 5.91 Å². The van der Waals surface area contributed by atoms with E-state index < -0.39 is 11.8 Å². The van der Waals surface area contributed by atoms with Gasteiger partial charge in [0.1, 0.15) is 5.82 Å². The van der Waals surface area contributed by atoms with Crippen LogP contribution in [-0.2, 0) is 22.4 Å². The van der Waals surface area contributed by atoms with E-state index in [4.69, 9.17) is 5.11 Å². The van der Waals surface area contributed by atoms with Crippen molar-refractivity contribution in [2.75, 3.05) is 5.32 Å². The molecular formula is C19H20FNO3. The van der Waals surface area contributed by atoms with Gasteiger partial charge in [-0.3, -0.25) is 9.59 Å². The molecular weight excluding hydrogens is 309 g/mol. The van der Waals surface area contributed by atoms with Gasteiger partial charge in [-0.25, -0.2) is 4.39 Å². The summed E-state index contributed by atoms with van der Waals surface area (Å²) >= 11 is 0. The van der Waals surface area contributed by atoms with Crippen LogP contribution in [0.4, 0.5) is 10.1 Å². The predicted molar refractivity (Wildman–Crippen MR) is 90.7 cm³/mol. The molecule has 0 spiro atoms. The highest BCUT2D eigenvalue weighted by Crippen LogP contribution is 2.19. The largest absolute Gasteiger partial charge is 0.481 e. The SMILES string of the molecule is Cc1cc(C)c(CC(=O)Nc2ccc(CC(=O)O)c(F)c2)c(C)c1. The van der Waals surface area contributed by atoms with Gasteiger partial charge in [0.25, 0.3) is 0 Å². The Labute approximate surface area is 140 Å². The number of rotatable bonds is 5. The first kappa shape index (κ1) is 17.7. The van der Waals surface area contributed by atoms with Crippen LogP contribution in [0.5, 0.6) is 0 Å². The summed E-state index contributed by atoms with van der Waals surface area (Å²) < 4.78 is 13.8. The third kappa shape index (κ3) is 4.41. The van der Waals surface area contributed by atoms with Crippen LogP contribution in [0.2, 0.25) is 0 Å². The summed E-state index contributed by atoms with van der Waals surface area (Å²) in [7, 11) is 0. The van der Waals surface area contributed by atoms with E-state index >= 15 is 0 Å². The molecule has 0 bridgehead atoms. The lowest BCUT2D eigenvalue weighted by Gasteiger charge is -2.12. The number of carboxylic acids is 1. The first-order chi connectivity index (χ1) is 11.3. The van der Waals surface area contributed by atoms with Crippen LogP contribution >= 0.6 is 0 Å². The third-order valence-electron chi connectivity index (χ3n) is 3.86. The molecule has 0 saturated carbocycles. The van der Waals surface area contributed by atoms with Crippen LogP contribution in [-0.4, -0.2) is 17.0 Å². The summed E-state index contributed by atoms with van der Waals surface area (Å²) in [4.78, 5) is 22.9. The summed E-state index contributed by atoms with van der Waals surface area (Å²) in [5.41, 5.74) is 4.60. The van der Waals surface area contributed by atoms with Gasteiger partial charge in [-0.05, 0) is 55.2 Å². The van der Waals surface area contributed by atoms with Crippen molar-refractivity contribution < 1.29 is 19.1 Å². The lowest BCUT2D eigenvalue weighted by molar-refractivity contribution is -0.136. The van der Waals surface area contributed by atoms with Crippen molar-refractivity contribution in [3.8, 4) is 0 Å². The molecule has 5 heteroatoms. The van der Waals surface area contributed by atoms with Crippen LogP contribution in [0.1, 0.15) is 27.8 Å². The second-order valence-corrected chi connectivity index (χ2v) is 5.98. The minimum atomic E-state index is -1.10. The summed E-state index contributed by atoms with van der Waals surface area (Å²) in [5, 5.41) is 11.4. The summed E-state index contributed by atoms with van der Waals surface area (Å²) in [6.07, 6.45) is -0.182. The molecule has 126 valence electrons. The van der Waals surface area contributed by atoms with Gasteiger partial charge < -0.3 is 10.4 Å². The second kappa shape index (κ2) is 7.25. The number of aryl methyl sites for hydroxylation is 3. The minimum Gasteiger partial charge on any atom is -0.481 e. The van der Waals surface area contributed by atoms with E-state index in [1.165, 1.54) is 12.1 Å². The Morgan fingerprint density at radius 2 is 1.67 bits per heavy atom. The maximum absolute atomic E-state index is 13.8. The lowest BCUT2D eigenvalue weighted by atomic mass is 9.97. The number of aliphatic carboxylic acids is 1. The number of amides is 1. The molecule has 0 unspecified atom stereocenters. The van der Waals surface area contributed by atoms with Gasteiger partial charge in [-0.1, -0.05) is 23.8 Å². The van der Waals surface area contributed by atoms with E-state index in [0.717, 1.165) is 28.3 Å². The molecule has 0 atom stereocenters. The first-order valence-electron chi connectivity index (χ1n) is 7.63. The summed E-state index contributed by atoms with van der Waals surface area (Å²) in [5.74, 6) is -1.98. The average Bonchev–Trinajstić information content (AvgIpc) is 2.45. The van der Waals surface area contributed by atoms with E-state index in [9.17, 15) is 14.0 Å². The molecule has 2 N–H and O–H groups in total. The standard InChI is InChI=1S/C19H20FNO3/c1-11-6-12(2)16(13(3)7-11)10-18(22)21-15-5-4-14(8-19(23)24)17(20)9-15/h4-7,9H,8,10H2,1-3H3,(H,21,22)(H,23,24). The molecule has 0 saturated heterocycles. The molecule has 0 aliphatic carbocycles. The Bertz CT molecular complexity index is 776. The second-order valence-electron chi connectivity index (χ2n) is 5.98. The maximum Gasteiger partial charge on any atom is 0.307 e. The van der Waals surface area contributed by atoms with Crippen LogP contribution in [0.3, 0.4) is 0 Å². The molecule has 2 aromatic carbocycles. The number of benzene rings is 2. The molecule has 2 aromatic rings. The smallest absolute Gasteiger partial charge is 0.307 e. The van der Waals surface area contributed by atoms with Gasteiger partial charge >= 0.3 is 5.97 Å². The highest BCUT2D eigenvalue weighted by atomic mass is 19.1. The number of carboxylic acid groups (broad SMARTS) is 1. The highest BCUT2D eigenvalue weighted by Gasteiger charge is 2.12. The van der Waals surface area contributed by atoms with Crippen molar-refractivity contribution >= 4 is 17.6 Å². The van der Waals surface area contributed by atoms with Crippen LogP contribution in [0, 0.1) is 26.6 Å². The van der Waals surface area contributed by atoms with Crippen molar-refractivity contribution in [3.05, 3.63) is 64.0 Å². The van der Waals surface area contributed by atoms with Gasteiger partial charge in [0.15, 0.2) is 0 Å². The zero-order chi connectivity index (χ0) is 17.9. The Balaban J connectivity index is 2.10. The van der Waals surface area contributed by atoms with Crippen LogP contribution in [0.25, 0.3) is 0 Å². The van der Waals surface area contributed by atoms with Crippen LogP contribution in [0.15, 0.2) is 30.3 Å². The molecule has 0 aliphatic heterocycles. The number of carbonyl (C=O) groups excluding carboxylic acids is 1. The quantitative estimate of drug-likeness (QED) is 0.881. The van der Waals surface area contributed by atoms with Gasteiger partial charge in [-0.15, -0.1) is 0 Å². The fraction of sp³-hybridized carbons (Fsp3) is 0.263. The fourth-order valence-electron chi connectivity index (χ4n) is 2.79. The monoisotopic (exact) mass is 329 g/mol. The summed E-state index contributed by atoms with van der Waals surface area (Å²) in [6.45, 7) is 5.93. The molecule has 4 nitrogen and oxygen atoms in total. The van der Waals surface area contributed by atoms with Gasteiger partial charge in [-0.2, -0.15) is 0 Å². The number of hydrogen-bond acceptors (Lipinski definition) is 2. The van der Waals surface area contributed by atoms with Crippen molar-refractivity contribution in [3.63, 3.8) is 0 Å². The average molecular weight is 329 g/mol. The Morgan fingerprint density at radius 1 is 1.04 bits per heavy atom. The van der Waals surface area contributed by atoms with Crippen LogP contribution < -0.4 is 5.32 Å². The molecule has 0 radical (unpaired) electrons. The number of nitrogens with one attached hydrogen (secondary N) is 1. The van der Waals surface area contributed by atoms with Crippen molar-refractivity contribution in [1.82, 2.24) is 0 Å². The molecule has 24 heavy (non-hydrogen) atoms. The van der Waals surface area contributed by atoms with Crippen molar-refractivity contribution in [1.29, 1.82) is 0 Å². The van der Waals surface area contributed by atoms with Crippen molar-refractivity contribution in [2.45, 2.75) is 33.6 Å². The maximum atomic E-state index is 13.8. The molecule has 0 fully saturated rings. The Morgan fingerprint density at radius 3 is 2.21 bits per heavy atom. The fourth-order valence-corrected chi connectivity index (χ4v) is 2.79. The minimum absolute atomic E-state index is 0.0886. The Kier molecular flexibility index (Phi) is 5.34. The van der Waals surface area contributed by atoms with Gasteiger partial charge in [0.05, 0.1) is 12.8 Å². The molecule has 1 amide bonds. The molecule has 0 aromatic heterocycles. The lowest BCUT2D eigenvalue weighted by Crippen LogP contribution is -2.16. The third-order valence-corrected chi connectivity index (χ3v) is 3.86. The topological polar surface area (TPSA) is 66.4 Å². The van der Waals surface area contributed by atoms with E-state index in [1.54, 1.807) is 0 Å². The van der Waals surface area contributed by atoms with E-state index in [-0.39, 0.29) is 24.3 Å². The number of hydrogen-bond donors (Lipinski definition) is 2. The zero-order valence-corrected chi connectivity index (χ0v) is 13.9. The zero-order valence-electron chi connectivity index (χ0n) is 13.9. The first-order valence-corrected chi connectivity index (χ1v) is 7.63. The van der Waals surface area contributed by atoms with E-state index in [2.05, 4.69) is 5.32 Å². The number of anilines is 1.